The lowest BCUT2D eigenvalue weighted by atomic mass is 10.1. The molecule has 1 fully saturated rings. The minimum atomic E-state index is -0.248. The maximum absolute atomic E-state index is 12.2. The number of aromatic nitrogens is 3. The predicted molar refractivity (Wildman–Crippen MR) is 86.4 cm³/mol. The average molecular weight is 314 g/mol. The van der Waals surface area contributed by atoms with Crippen LogP contribution in [-0.4, -0.2) is 33.3 Å². The normalized spacial score (nSPS) is 20.6. The number of hydrazine groups is 1. The van der Waals surface area contributed by atoms with Crippen molar-refractivity contribution < 1.29 is 4.79 Å². The third-order valence-electron chi connectivity index (χ3n) is 3.99. The van der Waals surface area contributed by atoms with Gasteiger partial charge in [-0.15, -0.1) is 0 Å². The molecule has 1 amide bonds. The number of nitrogens with zero attached hydrogens (tertiary/aromatic N) is 3. The van der Waals surface area contributed by atoms with E-state index < -0.39 is 0 Å². The molecule has 3 heterocycles. The van der Waals surface area contributed by atoms with Crippen molar-refractivity contribution in [2.24, 2.45) is 0 Å². The summed E-state index contributed by atoms with van der Waals surface area (Å²) in [5, 5.41) is 7.34. The number of pyridine rings is 1. The summed E-state index contributed by atoms with van der Waals surface area (Å²) in [5.74, 6) is -0.00235. The summed E-state index contributed by atoms with van der Waals surface area (Å²) in [6, 6.07) is 7.64. The summed E-state index contributed by atoms with van der Waals surface area (Å²) in [6.07, 6.45) is 2.45. The first-order valence-electron chi connectivity index (χ1n) is 7.84. The number of carbonyl (C=O) groups excluding carboxylic acids is 1. The molecule has 122 valence electrons. The highest BCUT2D eigenvalue weighted by Gasteiger charge is 2.30. The van der Waals surface area contributed by atoms with E-state index >= 15 is 0 Å². The maximum Gasteiger partial charge on any atom is 0.238 e. The third kappa shape index (κ3) is 3.75. The largest absolute Gasteiger partial charge is 0.353 e. The van der Waals surface area contributed by atoms with Crippen LogP contribution in [0.25, 0.3) is 0 Å². The molecule has 3 rings (SSSR count). The van der Waals surface area contributed by atoms with Crippen LogP contribution in [-0.2, 0) is 11.3 Å². The van der Waals surface area contributed by atoms with Gasteiger partial charge < -0.3 is 5.32 Å². The Hall–Kier alpha value is -2.25. The van der Waals surface area contributed by atoms with Crippen molar-refractivity contribution in [1.29, 1.82) is 0 Å². The minimum absolute atomic E-state index is 0.00235. The van der Waals surface area contributed by atoms with Gasteiger partial charge in [0, 0.05) is 18.4 Å². The summed E-state index contributed by atoms with van der Waals surface area (Å²) in [4.78, 5) is 16.6. The van der Waals surface area contributed by atoms with Crippen LogP contribution in [0, 0.1) is 13.8 Å². The van der Waals surface area contributed by atoms with E-state index in [4.69, 9.17) is 0 Å². The van der Waals surface area contributed by atoms with Crippen LogP contribution in [0.15, 0.2) is 30.5 Å². The molecule has 2 unspecified atom stereocenters. The molecule has 1 aliphatic rings. The maximum atomic E-state index is 12.2. The van der Waals surface area contributed by atoms with Crippen molar-refractivity contribution in [3.63, 3.8) is 0 Å². The van der Waals surface area contributed by atoms with Crippen molar-refractivity contribution >= 4 is 5.91 Å². The highest BCUT2D eigenvalue weighted by atomic mass is 16.2. The summed E-state index contributed by atoms with van der Waals surface area (Å²) in [7, 11) is 0. The molecule has 0 saturated carbocycles. The molecule has 7 nitrogen and oxygen atoms in total. The van der Waals surface area contributed by atoms with E-state index in [9.17, 15) is 4.79 Å². The van der Waals surface area contributed by atoms with Crippen LogP contribution in [0.5, 0.6) is 0 Å². The molecule has 0 bridgehead atoms. The molecule has 0 aliphatic carbocycles. The third-order valence-corrected chi connectivity index (χ3v) is 3.99. The summed E-state index contributed by atoms with van der Waals surface area (Å²) in [5.41, 5.74) is 9.22. The first kappa shape index (κ1) is 15.6. The smallest absolute Gasteiger partial charge is 0.238 e. The fourth-order valence-electron chi connectivity index (χ4n) is 2.81. The topological polar surface area (TPSA) is 83.9 Å². The summed E-state index contributed by atoms with van der Waals surface area (Å²) >= 11 is 0. The highest BCUT2D eigenvalue weighted by molar-refractivity contribution is 5.82. The lowest BCUT2D eigenvalue weighted by molar-refractivity contribution is -0.122. The molecule has 23 heavy (non-hydrogen) atoms. The van der Waals surface area contributed by atoms with Crippen molar-refractivity contribution in [2.75, 3.05) is 6.54 Å². The molecule has 3 N–H and O–H groups in total. The molecular weight excluding hydrogens is 292 g/mol. The molecule has 2 aromatic rings. The number of nitrogens with one attached hydrogen (secondary N) is 3. The Labute approximate surface area is 135 Å². The molecule has 2 aromatic heterocycles. The van der Waals surface area contributed by atoms with E-state index in [1.54, 1.807) is 6.20 Å². The van der Waals surface area contributed by atoms with Crippen LogP contribution in [0.3, 0.4) is 0 Å². The van der Waals surface area contributed by atoms with Crippen LogP contribution < -0.4 is 16.2 Å². The van der Waals surface area contributed by atoms with Crippen LogP contribution in [0.4, 0.5) is 0 Å². The van der Waals surface area contributed by atoms with Gasteiger partial charge in [0.2, 0.25) is 5.91 Å². The molecule has 0 radical (unpaired) electrons. The second-order valence-corrected chi connectivity index (χ2v) is 5.83. The Morgan fingerprint density at radius 2 is 2.26 bits per heavy atom. The van der Waals surface area contributed by atoms with Crippen molar-refractivity contribution in [3.05, 3.63) is 47.5 Å². The van der Waals surface area contributed by atoms with Gasteiger partial charge in [0.25, 0.3) is 0 Å². The van der Waals surface area contributed by atoms with E-state index in [1.165, 1.54) is 0 Å². The molecule has 2 atom stereocenters. The van der Waals surface area contributed by atoms with Gasteiger partial charge in [0.1, 0.15) is 6.04 Å². The quantitative estimate of drug-likeness (QED) is 0.753. The van der Waals surface area contributed by atoms with Gasteiger partial charge in [-0.2, -0.15) is 5.10 Å². The SMILES string of the molecule is Cc1cc(C)n(CCNC(=O)C2CC(c3ccccn3)NN2)n1. The fraction of sp³-hybridized carbons (Fsp3) is 0.438. The zero-order valence-electron chi connectivity index (χ0n) is 13.4. The van der Waals surface area contributed by atoms with Crippen molar-refractivity contribution in [1.82, 2.24) is 30.9 Å². The van der Waals surface area contributed by atoms with Gasteiger partial charge in [-0.05, 0) is 38.5 Å². The van der Waals surface area contributed by atoms with Crippen LogP contribution in [0.1, 0.15) is 29.5 Å². The van der Waals surface area contributed by atoms with Gasteiger partial charge in [0.05, 0.1) is 24.0 Å². The van der Waals surface area contributed by atoms with Crippen LogP contribution in [0.2, 0.25) is 0 Å². The Morgan fingerprint density at radius 3 is 2.96 bits per heavy atom. The monoisotopic (exact) mass is 314 g/mol. The van der Waals surface area contributed by atoms with Crippen molar-refractivity contribution in [3.8, 4) is 0 Å². The Kier molecular flexibility index (Phi) is 4.68. The molecular formula is C16H22N6O. The predicted octanol–water partition coefficient (Wildman–Crippen LogP) is 0.619. The number of aryl methyl sites for hydroxylation is 2. The van der Waals surface area contributed by atoms with Crippen molar-refractivity contribution in [2.45, 2.75) is 38.9 Å². The van der Waals surface area contributed by atoms with E-state index in [0.29, 0.717) is 19.5 Å². The number of hydrogen-bond donors (Lipinski definition) is 3. The zero-order chi connectivity index (χ0) is 16.2. The molecule has 0 aromatic carbocycles. The highest BCUT2D eigenvalue weighted by Crippen LogP contribution is 2.19. The van der Waals surface area contributed by atoms with Gasteiger partial charge in [-0.3, -0.25) is 14.5 Å². The first-order valence-corrected chi connectivity index (χ1v) is 7.84. The number of hydrogen-bond acceptors (Lipinski definition) is 5. The summed E-state index contributed by atoms with van der Waals surface area (Å²) in [6.45, 7) is 5.22. The Bertz CT molecular complexity index is 668. The number of rotatable bonds is 5. The average Bonchev–Trinajstić information content (AvgIpc) is 3.15. The van der Waals surface area contributed by atoms with Gasteiger partial charge >= 0.3 is 0 Å². The standard InChI is InChI=1S/C16H22N6O/c1-11-9-12(2)22(21-11)8-7-18-16(23)15-10-14(19-20-15)13-5-3-4-6-17-13/h3-6,9,14-15,19-20H,7-8,10H2,1-2H3,(H,18,23). The van der Waals surface area contributed by atoms with Gasteiger partial charge in [-0.25, -0.2) is 10.9 Å². The first-order chi connectivity index (χ1) is 11.1. The van der Waals surface area contributed by atoms with E-state index in [-0.39, 0.29) is 18.0 Å². The molecule has 1 aliphatic heterocycles. The van der Waals surface area contributed by atoms with Gasteiger partial charge in [-0.1, -0.05) is 6.07 Å². The number of amides is 1. The lowest BCUT2D eigenvalue weighted by Gasteiger charge is -2.11. The van der Waals surface area contributed by atoms with Crippen LogP contribution >= 0.6 is 0 Å². The second kappa shape index (κ2) is 6.89. The summed E-state index contributed by atoms with van der Waals surface area (Å²) < 4.78 is 1.91. The second-order valence-electron chi connectivity index (χ2n) is 5.83. The molecule has 0 spiro atoms. The molecule has 7 heteroatoms. The Balaban J connectivity index is 1.47. The van der Waals surface area contributed by atoms with E-state index in [2.05, 4.69) is 26.3 Å². The molecule has 1 saturated heterocycles. The van der Waals surface area contributed by atoms with E-state index in [0.717, 1.165) is 17.1 Å². The zero-order valence-corrected chi connectivity index (χ0v) is 13.4. The minimum Gasteiger partial charge on any atom is -0.353 e. The number of carbonyl (C=O) groups is 1. The Morgan fingerprint density at radius 1 is 1.39 bits per heavy atom. The fourth-order valence-corrected chi connectivity index (χ4v) is 2.81. The lowest BCUT2D eigenvalue weighted by Crippen LogP contribution is -2.44. The van der Waals surface area contributed by atoms with E-state index in [1.807, 2.05) is 42.8 Å². The van der Waals surface area contributed by atoms with Gasteiger partial charge in [0.15, 0.2) is 0 Å².